The Morgan fingerprint density at radius 3 is 2.70 bits per heavy atom. The highest BCUT2D eigenvalue weighted by Gasteiger charge is 2.18. The normalized spacial score (nSPS) is 10.6. The first-order valence-electron chi connectivity index (χ1n) is 7.79. The Hall–Kier alpha value is -3.27. The van der Waals surface area contributed by atoms with E-state index >= 15 is 0 Å². The van der Waals surface area contributed by atoms with Gasteiger partial charge in [-0.25, -0.2) is 4.39 Å². The summed E-state index contributed by atoms with van der Waals surface area (Å²) in [7, 11) is 0. The minimum atomic E-state index is -0.750. The molecule has 0 bridgehead atoms. The van der Waals surface area contributed by atoms with Crippen molar-refractivity contribution in [1.29, 1.82) is 0 Å². The third-order valence-electron chi connectivity index (χ3n) is 3.57. The number of halogens is 1. The van der Waals surface area contributed by atoms with Gasteiger partial charge in [-0.05, 0) is 31.2 Å². The molecule has 10 heteroatoms. The molecule has 1 N–H and O–H groups in total. The first-order valence-corrected chi connectivity index (χ1v) is 8.78. The van der Waals surface area contributed by atoms with E-state index < -0.39 is 22.3 Å². The van der Waals surface area contributed by atoms with Crippen LogP contribution in [0.3, 0.4) is 0 Å². The number of hydrogen-bond donors (Lipinski definition) is 1. The summed E-state index contributed by atoms with van der Waals surface area (Å²) in [4.78, 5) is 22.4. The van der Waals surface area contributed by atoms with Crippen LogP contribution in [-0.4, -0.2) is 31.3 Å². The molecule has 0 aliphatic heterocycles. The van der Waals surface area contributed by atoms with Gasteiger partial charge in [0.2, 0.25) is 5.91 Å². The molecule has 0 saturated carbocycles. The number of amides is 1. The lowest BCUT2D eigenvalue weighted by atomic mass is 10.2. The van der Waals surface area contributed by atoms with Gasteiger partial charge in [-0.2, -0.15) is 0 Å². The number of carbonyl (C=O) groups is 1. The summed E-state index contributed by atoms with van der Waals surface area (Å²) < 4.78 is 15.0. The van der Waals surface area contributed by atoms with Crippen molar-refractivity contribution < 1.29 is 14.1 Å². The van der Waals surface area contributed by atoms with Crippen molar-refractivity contribution in [3.63, 3.8) is 0 Å². The Kier molecular flexibility index (Phi) is 5.46. The molecule has 0 aliphatic rings. The summed E-state index contributed by atoms with van der Waals surface area (Å²) >= 11 is 1.14. The molecule has 0 unspecified atom stereocenters. The van der Waals surface area contributed by atoms with Gasteiger partial charge in [0.05, 0.1) is 16.7 Å². The van der Waals surface area contributed by atoms with E-state index in [1.54, 1.807) is 11.5 Å². The lowest BCUT2D eigenvalue weighted by molar-refractivity contribution is -0.384. The zero-order valence-electron chi connectivity index (χ0n) is 14.1. The van der Waals surface area contributed by atoms with Gasteiger partial charge in [-0.1, -0.05) is 30.0 Å². The van der Waals surface area contributed by atoms with E-state index in [2.05, 4.69) is 15.5 Å². The number of nitro benzene ring substituents is 1. The summed E-state index contributed by atoms with van der Waals surface area (Å²) in [5.41, 5.74) is 0.293. The minimum absolute atomic E-state index is 0.0422. The quantitative estimate of drug-likeness (QED) is 0.395. The Morgan fingerprint density at radius 1 is 1.26 bits per heavy atom. The number of nitrogens with zero attached hydrogens (tertiary/aromatic N) is 4. The highest BCUT2D eigenvalue weighted by atomic mass is 32.2. The van der Waals surface area contributed by atoms with Crippen LogP contribution in [-0.2, 0) is 4.79 Å². The molecule has 2 aromatic carbocycles. The molecular weight excluding hydrogens is 373 g/mol. The third kappa shape index (κ3) is 4.29. The van der Waals surface area contributed by atoms with E-state index in [0.29, 0.717) is 11.0 Å². The van der Waals surface area contributed by atoms with Crippen molar-refractivity contribution in [2.75, 3.05) is 11.1 Å². The van der Waals surface area contributed by atoms with Crippen LogP contribution in [0, 0.1) is 22.9 Å². The summed E-state index contributed by atoms with van der Waals surface area (Å²) in [6.07, 6.45) is 0. The maximum Gasteiger partial charge on any atom is 0.295 e. The number of para-hydroxylation sites is 1. The number of anilines is 1. The number of thioether (sulfide) groups is 1. The van der Waals surface area contributed by atoms with Crippen molar-refractivity contribution in [2.24, 2.45) is 0 Å². The molecule has 0 radical (unpaired) electrons. The van der Waals surface area contributed by atoms with E-state index in [0.717, 1.165) is 35.6 Å². The molecule has 0 fully saturated rings. The molecule has 0 saturated heterocycles. The van der Waals surface area contributed by atoms with Crippen molar-refractivity contribution in [1.82, 2.24) is 14.8 Å². The van der Waals surface area contributed by atoms with Gasteiger partial charge < -0.3 is 5.32 Å². The molecule has 8 nitrogen and oxygen atoms in total. The molecule has 1 aromatic heterocycles. The Bertz CT molecular complexity index is 993. The van der Waals surface area contributed by atoms with E-state index in [4.69, 9.17) is 0 Å². The Labute approximate surface area is 157 Å². The van der Waals surface area contributed by atoms with Crippen molar-refractivity contribution >= 4 is 29.0 Å². The average molecular weight is 387 g/mol. The third-order valence-corrected chi connectivity index (χ3v) is 4.50. The first kappa shape index (κ1) is 18.5. The lowest BCUT2D eigenvalue weighted by Crippen LogP contribution is -2.15. The van der Waals surface area contributed by atoms with Crippen molar-refractivity contribution in [2.45, 2.75) is 12.1 Å². The second-order valence-electron chi connectivity index (χ2n) is 5.46. The second kappa shape index (κ2) is 7.96. The zero-order chi connectivity index (χ0) is 19.4. The molecule has 0 aliphatic carbocycles. The van der Waals surface area contributed by atoms with Crippen LogP contribution in [0.4, 0.5) is 15.8 Å². The number of hydrogen-bond acceptors (Lipinski definition) is 6. The molecular formula is C17H14FN5O3S. The van der Waals surface area contributed by atoms with Crippen LogP contribution in [0.2, 0.25) is 0 Å². The lowest BCUT2D eigenvalue weighted by Gasteiger charge is -2.08. The van der Waals surface area contributed by atoms with E-state index in [-0.39, 0.29) is 11.4 Å². The van der Waals surface area contributed by atoms with Gasteiger partial charge in [0.1, 0.15) is 17.3 Å². The summed E-state index contributed by atoms with van der Waals surface area (Å²) in [5, 5.41) is 22.0. The van der Waals surface area contributed by atoms with E-state index in [1.165, 1.54) is 0 Å². The van der Waals surface area contributed by atoms with E-state index in [9.17, 15) is 19.3 Å². The van der Waals surface area contributed by atoms with Gasteiger partial charge in [-0.3, -0.25) is 19.5 Å². The second-order valence-corrected chi connectivity index (χ2v) is 6.40. The van der Waals surface area contributed by atoms with Crippen LogP contribution in [0.1, 0.15) is 5.82 Å². The number of aryl methyl sites for hydroxylation is 1. The molecule has 1 amide bonds. The highest BCUT2D eigenvalue weighted by Crippen LogP contribution is 2.26. The number of carbonyl (C=O) groups excluding carboxylic acids is 1. The number of nitrogens with one attached hydrogen (secondary N) is 1. The molecule has 27 heavy (non-hydrogen) atoms. The fraction of sp³-hybridized carbons (Fsp3) is 0.118. The molecule has 3 rings (SSSR count). The van der Waals surface area contributed by atoms with Gasteiger partial charge >= 0.3 is 0 Å². The first-order chi connectivity index (χ1) is 13.0. The van der Waals surface area contributed by atoms with Crippen LogP contribution in [0.25, 0.3) is 5.69 Å². The van der Waals surface area contributed by atoms with Crippen molar-refractivity contribution in [3.05, 3.63) is 70.3 Å². The molecule has 1 heterocycles. The Balaban J connectivity index is 1.72. The number of aromatic nitrogens is 3. The largest absolute Gasteiger partial charge is 0.320 e. The monoisotopic (exact) mass is 387 g/mol. The van der Waals surface area contributed by atoms with Gasteiger partial charge in [-0.15, -0.1) is 10.2 Å². The highest BCUT2D eigenvalue weighted by molar-refractivity contribution is 7.99. The number of nitro groups is 1. The topological polar surface area (TPSA) is 103 Å². The molecule has 0 spiro atoms. The SMILES string of the molecule is Cc1nnc(SCC(=O)Nc2ccc(F)cc2[N+](=O)[O-])n1-c1ccccc1. The number of rotatable bonds is 6. The summed E-state index contributed by atoms with van der Waals surface area (Å²) in [6, 6.07) is 12.4. The van der Waals surface area contributed by atoms with Crippen molar-refractivity contribution in [3.8, 4) is 5.69 Å². The Morgan fingerprint density at radius 2 is 2.00 bits per heavy atom. The zero-order valence-corrected chi connectivity index (χ0v) is 14.9. The van der Waals surface area contributed by atoms with E-state index in [1.807, 2.05) is 30.3 Å². The predicted molar refractivity (Wildman–Crippen MR) is 98.5 cm³/mol. The van der Waals surface area contributed by atoms with Gasteiger partial charge in [0.25, 0.3) is 5.69 Å². The molecule has 3 aromatic rings. The van der Waals surface area contributed by atoms with Crippen LogP contribution in [0.5, 0.6) is 0 Å². The fourth-order valence-corrected chi connectivity index (χ4v) is 3.19. The molecule has 0 atom stereocenters. The maximum atomic E-state index is 13.2. The summed E-state index contributed by atoms with van der Waals surface area (Å²) in [6.45, 7) is 1.80. The van der Waals surface area contributed by atoms with Gasteiger partial charge in [0, 0.05) is 5.69 Å². The average Bonchev–Trinajstić information content (AvgIpc) is 3.02. The van der Waals surface area contributed by atoms with Gasteiger partial charge in [0.15, 0.2) is 5.16 Å². The maximum absolute atomic E-state index is 13.2. The predicted octanol–water partition coefficient (Wildman–Crippen LogP) is 3.35. The smallest absolute Gasteiger partial charge is 0.295 e. The number of benzene rings is 2. The van der Waals surface area contributed by atoms with Crippen LogP contribution in [0.15, 0.2) is 53.7 Å². The summed E-state index contributed by atoms with van der Waals surface area (Å²) in [5.74, 6) is -0.603. The minimum Gasteiger partial charge on any atom is -0.320 e. The fourth-order valence-electron chi connectivity index (χ4n) is 2.39. The standard InChI is InChI=1S/C17H14FN5O3S/c1-11-20-21-17(22(11)13-5-3-2-4-6-13)27-10-16(24)19-14-8-7-12(18)9-15(14)23(25)26/h2-9H,10H2,1H3,(H,19,24). The van der Waals surface area contributed by atoms with Crippen LogP contribution < -0.4 is 5.32 Å². The molecule has 138 valence electrons. The van der Waals surface area contributed by atoms with Crippen LogP contribution >= 0.6 is 11.8 Å².